The van der Waals surface area contributed by atoms with Gasteiger partial charge in [-0.2, -0.15) is 0 Å². The molecule has 1 atom stereocenters. The molecule has 2 heterocycles. The van der Waals surface area contributed by atoms with Crippen LogP contribution < -0.4 is 11.0 Å². The molecule has 1 fully saturated rings. The van der Waals surface area contributed by atoms with Crippen LogP contribution in [0.1, 0.15) is 43.1 Å². The van der Waals surface area contributed by atoms with Crippen molar-refractivity contribution in [3.8, 4) is 5.69 Å². The number of carbonyl (C=O) groups excluding carboxylic acids is 1. The monoisotopic (exact) mass is 469 g/mol. The first-order valence-electron chi connectivity index (χ1n) is 11.1. The Morgan fingerprint density at radius 1 is 1.29 bits per heavy atom. The van der Waals surface area contributed by atoms with Gasteiger partial charge in [0.15, 0.2) is 6.29 Å². The van der Waals surface area contributed by atoms with E-state index in [2.05, 4.69) is 10.5 Å². The Morgan fingerprint density at radius 3 is 2.82 bits per heavy atom. The summed E-state index contributed by atoms with van der Waals surface area (Å²) in [5.41, 5.74) is 2.58. The van der Waals surface area contributed by atoms with Crippen LogP contribution in [0.5, 0.6) is 0 Å². The SMILES string of the molecule is CCc1nc2cc(F)c(/C=C/C(=O)NOC3CCCCO3)cc2c(=O)n1-c1c(C)cccc1F. The van der Waals surface area contributed by atoms with E-state index in [9.17, 15) is 18.4 Å². The normalized spacial score (nSPS) is 16.3. The molecular weight excluding hydrogens is 444 g/mol. The van der Waals surface area contributed by atoms with E-state index < -0.39 is 29.4 Å². The number of aryl methyl sites for hydroxylation is 2. The maximum Gasteiger partial charge on any atom is 0.267 e. The standard InChI is InChI=1S/C25H25F2N3O4/c1-3-21-28-20-14-19(27)16(10-11-22(31)29-34-23-9-4-5-12-33-23)13-17(20)25(32)30(21)24-15(2)7-6-8-18(24)26/h6-8,10-11,13-14,23H,3-5,9,12H2,1-2H3,(H,29,31)/b11-10+. The number of hydrogen-bond acceptors (Lipinski definition) is 5. The van der Waals surface area contributed by atoms with E-state index in [-0.39, 0.29) is 22.2 Å². The van der Waals surface area contributed by atoms with Gasteiger partial charge in [-0.25, -0.2) is 24.1 Å². The van der Waals surface area contributed by atoms with E-state index in [1.807, 2.05) is 0 Å². The number of ether oxygens (including phenoxy) is 1. The average molecular weight is 469 g/mol. The number of fused-ring (bicyclic) bond motifs is 1. The summed E-state index contributed by atoms with van der Waals surface area (Å²) in [6.07, 6.45) is 4.72. The third kappa shape index (κ3) is 4.90. The molecule has 1 unspecified atom stereocenters. The van der Waals surface area contributed by atoms with Gasteiger partial charge in [0.1, 0.15) is 17.5 Å². The van der Waals surface area contributed by atoms with E-state index in [0.717, 1.165) is 25.0 Å². The first-order chi connectivity index (χ1) is 16.4. The quantitative estimate of drug-likeness (QED) is 0.434. The van der Waals surface area contributed by atoms with Crippen LogP contribution in [0, 0.1) is 18.6 Å². The number of hydrogen-bond donors (Lipinski definition) is 1. The predicted octanol–water partition coefficient (Wildman–Crippen LogP) is 4.12. The number of halogens is 2. The highest BCUT2D eigenvalue weighted by molar-refractivity contribution is 5.92. The molecule has 0 spiro atoms. The zero-order valence-corrected chi connectivity index (χ0v) is 18.9. The van der Waals surface area contributed by atoms with Gasteiger partial charge < -0.3 is 4.74 Å². The number of hydroxylamine groups is 1. The minimum atomic E-state index is -0.651. The van der Waals surface area contributed by atoms with Crippen LogP contribution in [0.4, 0.5) is 8.78 Å². The summed E-state index contributed by atoms with van der Waals surface area (Å²) in [6, 6.07) is 6.98. The summed E-state index contributed by atoms with van der Waals surface area (Å²) in [5, 5.41) is 0.105. The van der Waals surface area contributed by atoms with Crippen LogP contribution in [0.25, 0.3) is 22.7 Å². The lowest BCUT2D eigenvalue weighted by atomic mass is 10.1. The smallest absolute Gasteiger partial charge is 0.267 e. The zero-order valence-electron chi connectivity index (χ0n) is 18.9. The molecular formula is C25H25F2N3O4. The van der Waals surface area contributed by atoms with Gasteiger partial charge in [-0.1, -0.05) is 19.1 Å². The van der Waals surface area contributed by atoms with E-state index in [1.165, 1.54) is 22.8 Å². The maximum atomic E-state index is 14.7. The molecule has 7 nitrogen and oxygen atoms in total. The highest BCUT2D eigenvalue weighted by Gasteiger charge is 2.18. The van der Waals surface area contributed by atoms with E-state index >= 15 is 0 Å². The molecule has 178 valence electrons. The Hall–Kier alpha value is -3.43. The van der Waals surface area contributed by atoms with Crippen LogP contribution in [-0.4, -0.2) is 28.4 Å². The average Bonchev–Trinajstić information content (AvgIpc) is 2.83. The Bertz CT molecular complexity index is 1290. The molecule has 0 radical (unpaired) electrons. The van der Waals surface area contributed by atoms with Crippen LogP contribution >= 0.6 is 0 Å². The number of amides is 1. The van der Waals surface area contributed by atoms with Crippen LogP contribution in [0.2, 0.25) is 0 Å². The molecule has 34 heavy (non-hydrogen) atoms. The maximum absolute atomic E-state index is 14.7. The molecule has 1 saturated heterocycles. The van der Waals surface area contributed by atoms with E-state index in [0.29, 0.717) is 30.8 Å². The number of rotatable bonds is 6. The summed E-state index contributed by atoms with van der Waals surface area (Å²) >= 11 is 0. The van der Waals surface area contributed by atoms with Gasteiger partial charge >= 0.3 is 0 Å². The fraction of sp³-hybridized carbons (Fsp3) is 0.320. The molecule has 1 aliphatic rings. The fourth-order valence-electron chi connectivity index (χ4n) is 3.90. The van der Waals surface area contributed by atoms with Crippen LogP contribution in [0.3, 0.4) is 0 Å². The largest absolute Gasteiger partial charge is 0.350 e. The molecule has 0 aliphatic carbocycles. The fourth-order valence-corrected chi connectivity index (χ4v) is 3.90. The van der Waals surface area contributed by atoms with Crippen molar-refractivity contribution in [1.82, 2.24) is 15.0 Å². The lowest BCUT2D eigenvalue weighted by Gasteiger charge is -2.21. The Kier molecular flexibility index (Phi) is 7.14. The zero-order chi connectivity index (χ0) is 24.2. The number of carbonyl (C=O) groups is 1. The molecule has 3 aromatic rings. The van der Waals surface area contributed by atoms with Gasteiger partial charge in [0.2, 0.25) is 0 Å². The van der Waals surface area contributed by atoms with E-state index in [1.54, 1.807) is 26.0 Å². The lowest BCUT2D eigenvalue weighted by molar-refractivity contribution is -0.198. The number of nitrogens with zero attached hydrogens (tertiary/aromatic N) is 2. The predicted molar refractivity (Wildman–Crippen MR) is 123 cm³/mol. The lowest BCUT2D eigenvalue weighted by Crippen LogP contribution is -2.32. The Labute approximate surface area is 195 Å². The Morgan fingerprint density at radius 2 is 2.12 bits per heavy atom. The third-order valence-electron chi connectivity index (χ3n) is 5.63. The molecule has 0 bridgehead atoms. The number of nitrogens with one attached hydrogen (secondary N) is 1. The summed E-state index contributed by atoms with van der Waals surface area (Å²) < 4.78 is 36.0. The molecule has 0 saturated carbocycles. The summed E-state index contributed by atoms with van der Waals surface area (Å²) in [6.45, 7) is 4.05. The number of aromatic nitrogens is 2. The van der Waals surface area contributed by atoms with E-state index in [4.69, 9.17) is 9.57 Å². The molecule has 2 aromatic carbocycles. The van der Waals surface area contributed by atoms with Gasteiger partial charge in [0.25, 0.3) is 11.5 Å². The van der Waals surface area contributed by atoms with Crippen molar-refractivity contribution in [2.24, 2.45) is 0 Å². The molecule has 1 aromatic heterocycles. The Balaban J connectivity index is 1.68. The van der Waals surface area contributed by atoms with Crippen molar-refractivity contribution in [2.45, 2.75) is 45.8 Å². The van der Waals surface area contributed by atoms with Crippen molar-refractivity contribution in [1.29, 1.82) is 0 Å². The van der Waals surface area contributed by atoms with Gasteiger partial charge in [-0.3, -0.25) is 14.2 Å². The summed E-state index contributed by atoms with van der Waals surface area (Å²) in [5.74, 6) is -1.50. The van der Waals surface area contributed by atoms with Crippen molar-refractivity contribution < 1.29 is 23.1 Å². The molecule has 9 heteroatoms. The summed E-state index contributed by atoms with van der Waals surface area (Å²) in [4.78, 5) is 35.1. The van der Waals surface area contributed by atoms with Crippen LogP contribution in [0.15, 0.2) is 41.2 Å². The van der Waals surface area contributed by atoms with Gasteiger partial charge in [-0.15, -0.1) is 0 Å². The van der Waals surface area contributed by atoms with Crippen LogP contribution in [-0.2, 0) is 20.8 Å². The minimum Gasteiger partial charge on any atom is -0.350 e. The molecule has 4 rings (SSSR count). The van der Waals surface area contributed by atoms with Crippen molar-refractivity contribution >= 4 is 22.9 Å². The van der Waals surface area contributed by atoms with Gasteiger partial charge in [0, 0.05) is 37.2 Å². The van der Waals surface area contributed by atoms with Gasteiger partial charge in [-0.05, 0) is 43.5 Å². The second kappa shape index (κ2) is 10.2. The highest BCUT2D eigenvalue weighted by atomic mass is 19.1. The van der Waals surface area contributed by atoms with Crippen molar-refractivity contribution in [3.63, 3.8) is 0 Å². The molecule has 1 N–H and O–H groups in total. The highest BCUT2D eigenvalue weighted by Crippen LogP contribution is 2.22. The second-order valence-electron chi connectivity index (χ2n) is 8.03. The first-order valence-corrected chi connectivity index (χ1v) is 11.1. The second-order valence-corrected chi connectivity index (χ2v) is 8.03. The van der Waals surface area contributed by atoms with Crippen molar-refractivity contribution in [2.75, 3.05) is 6.61 Å². The molecule has 1 amide bonds. The minimum absolute atomic E-state index is 0.0107. The molecule has 1 aliphatic heterocycles. The number of benzene rings is 2. The van der Waals surface area contributed by atoms with Crippen molar-refractivity contribution in [3.05, 3.63) is 75.3 Å². The van der Waals surface area contributed by atoms with Gasteiger partial charge in [0.05, 0.1) is 16.6 Å². The third-order valence-corrected chi connectivity index (χ3v) is 5.63. The topological polar surface area (TPSA) is 82.5 Å². The summed E-state index contributed by atoms with van der Waals surface area (Å²) in [7, 11) is 0. The number of para-hydroxylation sites is 1. The first kappa shape index (κ1) is 23.7.